The number of rotatable bonds is 4. The van der Waals surface area contributed by atoms with Gasteiger partial charge in [0.15, 0.2) is 0 Å². The highest BCUT2D eigenvalue weighted by Crippen LogP contribution is 2.28. The number of nitrogens with two attached hydrogens (primary N) is 1. The van der Waals surface area contributed by atoms with E-state index < -0.39 is 5.91 Å². The molecule has 1 aromatic rings. The molecule has 0 aromatic carbocycles. The minimum Gasteiger partial charge on any atom is -0.365 e. The largest absolute Gasteiger partial charge is 0.365 e. The van der Waals surface area contributed by atoms with Crippen molar-refractivity contribution in [3.05, 3.63) is 11.3 Å². The van der Waals surface area contributed by atoms with Gasteiger partial charge < -0.3 is 16.0 Å². The van der Waals surface area contributed by atoms with Crippen LogP contribution in [-0.4, -0.2) is 42.4 Å². The molecule has 18 heavy (non-hydrogen) atoms. The molecule has 1 aromatic heterocycles. The second-order valence-electron chi connectivity index (χ2n) is 4.93. The van der Waals surface area contributed by atoms with Gasteiger partial charge in [-0.2, -0.15) is 5.10 Å². The predicted octanol–water partition coefficient (Wildman–Crippen LogP) is -0.127. The van der Waals surface area contributed by atoms with Crippen molar-refractivity contribution in [2.24, 2.45) is 18.7 Å². The molecule has 1 atom stereocenters. The maximum absolute atomic E-state index is 11.5. The van der Waals surface area contributed by atoms with Crippen LogP contribution < -0.4 is 16.0 Å². The van der Waals surface area contributed by atoms with E-state index in [1.807, 2.05) is 21.0 Å². The lowest BCUT2D eigenvalue weighted by molar-refractivity contribution is 0.1000. The fourth-order valence-corrected chi connectivity index (χ4v) is 2.78. The molecule has 100 valence electrons. The van der Waals surface area contributed by atoms with Gasteiger partial charge in [-0.15, -0.1) is 0 Å². The first-order valence-electron chi connectivity index (χ1n) is 6.27. The lowest BCUT2D eigenvalue weighted by Gasteiger charge is -2.19. The number of aromatic nitrogens is 2. The molecule has 0 aliphatic carbocycles. The Bertz CT molecular complexity index is 454. The normalized spacial score (nSPS) is 19.5. The number of primary amides is 1. The van der Waals surface area contributed by atoms with Gasteiger partial charge in [0, 0.05) is 20.1 Å². The highest BCUT2D eigenvalue weighted by atomic mass is 16.1. The maximum Gasteiger partial charge on any atom is 0.254 e. The van der Waals surface area contributed by atoms with Crippen molar-refractivity contribution in [2.45, 2.75) is 13.3 Å². The summed E-state index contributed by atoms with van der Waals surface area (Å²) in [4.78, 5) is 13.8. The minimum absolute atomic E-state index is 0.396. The fourth-order valence-electron chi connectivity index (χ4n) is 2.78. The second-order valence-corrected chi connectivity index (χ2v) is 4.93. The zero-order valence-corrected chi connectivity index (χ0v) is 11.2. The number of aryl methyl sites for hydroxylation is 2. The Labute approximate surface area is 107 Å². The van der Waals surface area contributed by atoms with E-state index in [-0.39, 0.29) is 0 Å². The fraction of sp³-hybridized carbons (Fsp3) is 0.667. The van der Waals surface area contributed by atoms with Crippen molar-refractivity contribution < 1.29 is 4.79 Å². The molecule has 1 amide bonds. The molecule has 1 unspecified atom stereocenters. The van der Waals surface area contributed by atoms with E-state index in [0.717, 1.165) is 31.9 Å². The molecule has 0 spiro atoms. The van der Waals surface area contributed by atoms with Gasteiger partial charge in [0.25, 0.3) is 5.91 Å². The van der Waals surface area contributed by atoms with E-state index in [1.165, 1.54) is 0 Å². The first-order chi connectivity index (χ1) is 8.54. The number of nitrogens with zero attached hydrogens (tertiary/aromatic N) is 3. The molecule has 2 rings (SSSR count). The van der Waals surface area contributed by atoms with E-state index in [1.54, 1.807) is 4.68 Å². The van der Waals surface area contributed by atoms with Crippen LogP contribution in [0.3, 0.4) is 0 Å². The zero-order valence-electron chi connectivity index (χ0n) is 11.2. The van der Waals surface area contributed by atoms with Gasteiger partial charge in [-0.25, -0.2) is 0 Å². The van der Waals surface area contributed by atoms with Gasteiger partial charge in [-0.3, -0.25) is 9.48 Å². The summed E-state index contributed by atoms with van der Waals surface area (Å²) in [6, 6.07) is 0. The SMILES string of the molecule is CNCC1CCN(c2c(C(N)=O)c(C)nn2C)C1. The second kappa shape index (κ2) is 4.97. The van der Waals surface area contributed by atoms with Crippen LogP contribution in [-0.2, 0) is 7.05 Å². The number of nitrogens with one attached hydrogen (secondary N) is 1. The average molecular weight is 251 g/mol. The Morgan fingerprint density at radius 3 is 2.94 bits per heavy atom. The maximum atomic E-state index is 11.5. The summed E-state index contributed by atoms with van der Waals surface area (Å²) in [6.07, 6.45) is 1.13. The van der Waals surface area contributed by atoms with Crippen molar-refractivity contribution in [1.29, 1.82) is 0 Å². The van der Waals surface area contributed by atoms with Gasteiger partial charge >= 0.3 is 0 Å². The van der Waals surface area contributed by atoms with E-state index in [2.05, 4.69) is 15.3 Å². The highest BCUT2D eigenvalue weighted by Gasteiger charge is 2.28. The number of amides is 1. The summed E-state index contributed by atoms with van der Waals surface area (Å²) in [5, 5.41) is 7.50. The molecule has 1 fully saturated rings. The molecule has 1 saturated heterocycles. The molecular weight excluding hydrogens is 230 g/mol. The van der Waals surface area contributed by atoms with Crippen molar-refractivity contribution in [1.82, 2.24) is 15.1 Å². The molecule has 0 saturated carbocycles. The average Bonchev–Trinajstić information content (AvgIpc) is 2.83. The lowest BCUT2D eigenvalue weighted by Crippen LogP contribution is -2.28. The Kier molecular flexibility index (Phi) is 3.56. The molecule has 6 heteroatoms. The molecule has 1 aliphatic rings. The third kappa shape index (κ3) is 2.20. The van der Waals surface area contributed by atoms with Crippen LogP contribution in [0.15, 0.2) is 0 Å². The molecule has 0 bridgehead atoms. The van der Waals surface area contributed by atoms with Crippen LogP contribution in [0, 0.1) is 12.8 Å². The van der Waals surface area contributed by atoms with Gasteiger partial charge in [0.05, 0.1) is 5.69 Å². The summed E-state index contributed by atoms with van der Waals surface area (Å²) >= 11 is 0. The molecule has 2 heterocycles. The van der Waals surface area contributed by atoms with E-state index >= 15 is 0 Å². The molecule has 6 nitrogen and oxygen atoms in total. The Balaban J connectivity index is 2.26. The van der Waals surface area contributed by atoms with Crippen LogP contribution in [0.5, 0.6) is 0 Å². The zero-order chi connectivity index (χ0) is 13.3. The summed E-state index contributed by atoms with van der Waals surface area (Å²) in [5.41, 5.74) is 6.72. The number of hydrogen-bond acceptors (Lipinski definition) is 4. The van der Waals surface area contributed by atoms with Crippen molar-refractivity contribution in [3.63, 3.8) is 0 Å². The summed E-state index contributed by atoms with van der Waals surface area (Å²) < 4.78 is 1.76. The van der Waals surface area contributed by atoms with E-state index in [4.69, 9.17) is 5.73 Å². The van der Waals surface area contributed by atoms with Gasteiger partial charge in [0.2, 0.25) is 0 Å². The van der Waals surface area contributed by atoms with Crippen LogP contribution in [0.25, 0.3) is 0 Å². The predicted molar refractivity (Wildman–Crippen MR) is 70.7 cm³/mol. The molecule has 3 N–H and O–H groups in total. The van der Waals surface area contributed by atoms with Crippen molar-refractivity contribution in [2.75, 3.05) is 31.6 Å². The summed E-state index contributed by atoms with van der Waals surface area (Å²) in [7, 11) is 3.83. The van der Waals surface area contributed by atoms with Crippen molar-refractivity contribution >= 4 is 11.7 Å². The number of anilines is 1. The summed E-state index contributed by atoms with van der Waals surface area (Å²) in [6.45, 7) is 4.72. The van der Waals surface area contributed by atoms with Gasteiger partial charge in [-0.1, -0.05) is 0 Å². The first kappa shape index (κ1) is 12.9. The van der Waals surface area contributed by atoms with Gasteiger partial charge in [-0.05, 0) is 32.9 Å². The lowest BCUT2D eigenvalue weighted by atomic mass is 10.1. The highest BCUT2D eigenvalue weighted by molar-refractivity contribution is 5.99. The Morgan fingerprint density at radius 2 is 2.33 bits per heavy atom. The van der Waals surface area contributed by atoms with Crippen LogP contribution >= 0.6 is 0 Å². The minimum atomic E-state index is -0.396. The quantitative estimate of drug-likeness (QED) is 0.782. The number of hydrogen-bond donors (Lipinski definition) is 2. The third-order valence-corrected chi connectivity index (χ3v) is 3.52. The van der Waals surface area contributed by atoms with Crippen molar-refractivity contribution in [3.8, 4) is 0 Å². The van der Waals surface area contributed by atoms with Crippen LogP contribution in [0.1, 0.15) is 22.5 Å². The van der Waals surface area contributed by atoms with Crippen LogP contribution in [0.4, 0.5) is 5.82 Å². The standard InChI is InChI=1S/C12H21N5O/c1-8-10(11(13)18)12(16(3)15-8)17-5-4-9(7-17)6-14-2/h9,14H,4-7H2,1-3H3,(H2,13,18). The molecule has 1 aliphatic heterocycles. The Hall–Kier alpha value is -1.56. The van der Waals surface area contributed by atoms with Crippen LogP contribution in [0.2, 0.25) is 0 Å². The van der Waals surface area contributed by atoms with Gasteiger partial charge in [0.1, 0.15) is 11.4 Å². The summed E-state index contributed by atoms with van der Waals surface area (Å²) in [5.74, 6) is 1.08. The number of carbonyl (C=O) groups is 1. The Morgan fingerprint density at radius 1 is 1.61 bits per heavy atom. The third-order valence-electron chi connectivity index (χ3n) is 3.52. The van der Waals surface area contributed by atoms with E-state index in [9.17, 15) is 4.79 Å². The van der Waals surface area contributed by atoms with E-state index in [0.29, 0.717) is 17.2 Å². The topological polar surface area (TPSA) is 76.2 Å². The smallest absolute Gasteiger partial charge is 0.254 e. The molecule has 0 radical (unpaired) electrons. The number of carbonyl (C=O) groups excluding carboxylic acids is 1. The first-order valence-corrected chi connectivity index (χ1v) is 6.27. The molecular formula is C12H21N5O. The monoisotopic (exact) mass is 251 g/mol.